The van der Waals surface area contributed by atoms with Crippen molar-refractivity contribution in [3.05, 3.63) is 72.9 Å². The second-order valence-electron chi connectivity index (χ2n) is 18.8. The Morgan fingerprint density at radius 2 is 0.582 bits per heavy atom. The molecule has 0 aromatic heterocycles. The van der Waals surface area contributed by atoms with E-state index in [2.05, 4.69) is 93.7 Å². The molecule has 0 N–H and O–H groups in total. The van der Waals surface area contributed by atoms with Crippen LogP contribution in [0.25, 0.3) is 0 Å². The molecular formula is C61H106O6. The van der Waals surface area contributed by atoms with E-state index in [1.807, 2.05) is 0 Å². The lowest BCUT2D eigenvalue weighted by Gasteiger charge is -2.18. The van der Waals surface area contributed by atoms with E-state index in [4.69, 9.17) is 14.2 Å². The first-order valence-electron chi connectivity index (χ1n) is 28.4. The predicted octanol–water partition coefficient (Wildman–Crippen LogP) is 19.0. The van der Waals surface area contributed by atoms with Crippen molar-refractivity contribution in [2.45, 2.75) is 284 Å². The maximum absolute atomic E-state index is 12.8. The van der Waals surface area contributed by atoms with Crippen LogP contribution in [0.5, 0.6) is 0 Å². The Kier molecular flexibility index (Phi) is 52.8. The fraction of sp³-hybridized carbons (Fsp3) is 0.754. The van der Waals surface area contributed by atoms with Crippen molar-refractivity contribution >= 4 is 17.9 Å². The third kappa shape index (κ3) is 53.7. The van der Waals surface area contributed by atoms with E-state index >= 15 is 0 Å². The summed E-state index contributed by atoms with van der Waals surface area (Å²) in [6.45, 7) is 6.51. The number of hydrogen-bond donors (Lipinski definition) is 0. The van der Waals surface area contributed by atoms with Gasteiger partial charge in [0.15, 0.2) is 6.10 Å². The van der Waals surface area contributed by atoms with Gasteiger partial charge in [0, 0.05) is 19.3 Å². The van der Waals surface area contributed by atoms with Crippen molar-refractivity contribution in [3.63, 3.8) is 0 Å². The van der Waals surface area contributed by atoms with Crippen LogP contribution >= 0.6 is 0 Å². The second-order valence-corrected chi connectivity index (χ2v) is 18.8. The van der Waals surface area contributed by atoms with Gasteiger partial charge in [-0.1, -0.05) is 241 Å². The summed E-state index contributed by atoms with van der Waals surface area (Å²) < 4.78 is 16.8. The molecule has 0 amide bonds. The van der Waals surface area contributed by atoms with Crippen LogP contribution in [0.15, 0.2) is 72.9 Å². The number of rotatable bonds is 51. The summed E-state index contributed by atoms with van der Waals surface area (Å²) in [5.41, 5.74) is 0. The smallest absolute Gasteiger partial charge is 0.306 e. The van der Waals surface area contributed by atoms with Gasteiger partial charge < -0.3 is 14.2 Å². The fourth-order valence-electron chi connectivity index (χ4n) is 7.93. The maximum Gasteiger partial charge on any atom is 0.306 e. The highest BCUT2D eigenvalue weighted by molar-refractivity contribution is 5.71. The van der Waals surface area contributed by atoms with Gasteiger partial charge in [-0.25, -0.2) is 0 Å². The second kappa shape index (κ2) is 55.4. The lowest BCUT2D eigenvalue weighted by Crippen LogP contribution is -2.30. The Bertz CT molecular complexity index is 1260. The summed E-state index contributed by atoms with van der Waals surface area (Å²) in [7, 11) is 0. The van der Waals surface area contributed by atoms with E-state index in [9.17, 15) is 14.4 Å². The van der Waals surface area contributed by atoms with E-state index < -0.39 is 6.10 Å². The van der Waals surface area contributed by atoms with Crippen molar-refractivity contribution < 1.29 is 28.6 Å². The topological polar surface area (TPSA) is 78.9 Å². The van der Waals surface area contributed by atoms with E-state index in [1.165, 1.54) is 122 Å². The van der Waals surface area contributed by atoms with Crippen LogP contribution in [0.2, 0.25) is 0 Å². The molecule has 0 aliphatic rings. The van der Waals surface area contributed by atoms with Crippen LogP contribution in [0.1, 0.15) is 278 Å². The Balaban J connectivity index is 4.37. The summed E-state index contributed by atoms with van der Waals surface area (Å²) in [4.78, 5) is 38.1. The Labute approximate surface area is 414 Å². The first-order valence-corrected chi connectivity index (χ1v) is 28.4. The van der Waals surface area contributed by atoms with E-state index in [1.54, 1.807) is 0 Å². The molecule has 0 radical (unpaired) electrons. The fourth-order valence-corrected chi connectivity index (χ4v) is 7.93. The minimum absolute atomic E-state index is 0.0815. The lowest BCUT2D eigenvalue weighted by molar-refractivity contribution is -0.167. The number of carbonyl (C=O) groups is 3. The third-order valence-corrected chi connectivity index (χ3v) is 12.2. The van der Waals surface area contributed by atoms with Crippen LogP contribution in [-0.2, 0) is 28.6 Å². The zero-order valence-electron chi connectivity index (χ0n) is 44.2. The van der Waals surface area contributed by atoms with Gasteiger partial charge in [0.1, 0.15) is 13.2 Å². The van der Waals surface area contributed by atoms with Gasteiger partial charge in [-0.15, -0.1) is 0 Å². The molecule has 0 saturated heterocycles. The zero-order chi connectivity index (χ0) is 48.6. The summed E-state index contributed by atoms with van der Waals surface area (Å²) >= 11 is 0. The Hall–Kier alpha value is -3.15. The number of esters is 3. The van der Waals surface area contributed by atoms with Crippen LogP contribution in [0.4, 0.5) is 0 Å². The van der Waals surface area contributed by atoms with Crippen LogP contribution in [0.3, 0.4) is 0 Å². The third-order valence-electron chi connectivity index (χ3n) is 12.2. The molecule has 0 rings (SSSR count). The number of unbranched alkanes of at least 4 members (excludes halogenated alkanes) is 28. The minimum Gasteiger partial charge on any atom is -0.462 e. The first-order chi connectivity index (χ1) is 33.0. The van der Waals surface area contributed by atoms with Crippen molar-refractivity contribution in [1.82, 2.24) is 0 Å². The van der Waals surface area contributed by atoms with Gasteiger partial charge in [0.25, 0.3) is 0 Å². The van der Waals surface area contributed by atoms with Crippen LogP contribution < -0.4 is 0 Å². The normalized spacial score (nSPS) is 12.6. The molecule has 1 unspecified atom stereocenters. The maximum atomic E-state index is 12.8. The van der Waals surface area contributed by atoms with Crippen LogP contribution in [0, 0.1) is 0 Å². The highest BCUT2D eigenvalue weighted by Crippen LogP contribution is 2.15. The summed E-state index contributed by atoms with van der Waals surface area (Å²) in [6.07, 6.45) is 70.3. The van der Waals surface area contributed by atoms with Crippen molar-refractivity contribution in [2.24, 2.45) is 0 Å². The standard InChI is InChI=1S/C61H106O6/c1-4-7-10-13-16-19-22-25-27-29-30-31-32-33-35-36-39-42-45-48-51-54-60(63)66-57-58(56-65-59(62)53-50-47-44-41-38-24-21-18-15-12-9-6-3)67-61(64)55-52-49-46-43-40-37-34-28-26-23-20-17-14-11-8-5-2/h7,10,16,19-20,23,25,27-28,30-31,34,58H,4-6,8-9,11-15,17-18,21-22,24,26,29,32-33,35-57H2,1-3H3/b10-7-,19-16-,23-20-,27-25-,31-30-,34-28-. The molecule has 0 bridgehead atoms. The SMILES string of the molecule is CC/C=C\C/C=C\C/C=C\C/C=C\CCCCCCCCCCC(=O)OCC(COC(=O)CCCCCCCCCCCCCC)OC(=O)CCCCCCC/C=C\C/C=C\CCCCCC. The average Bonchev–Trinajstić information content (AvgIpc) is 3.33. The van der Waals surface area contributed by atoms with Crippen molar-refractivity contribution in [1.29, 1.82) is 0 Å². The average molecular weight is 936 g/mol. The first kappa shape index (κ1) is 63.8. The van der Waals surface area contributed by atoms with E-state index in [0.717, 1.165) is 116 Å². The molecule has 0 heterocycles. The Morgan fingerprint density at radius 3 is 0.925 bits per heavy atom. The monoisotopic (exact) mass is 935 g/mol. The highest BCUT2D eigenvalue weighted by atomic mass is 16.6. The molecular weight excluding hydrogens is 829 g/mol. The molecule has 67 heavy (non-hydrogen) atoms. The van der Waals surface area contributed by atoms with E-state index in [-0.39, 0.29) is 31.1 Å². The number of allylic oxidation sites excluding steroid dienone is 12. The largest absolute Gasteiger partial charge is 0.462 e. The molecule has 6 nitrogen and oxygen atoms in total. The molecule has 0 saturated carbocycles. The van der Waals surface area contributed by atoms with Gasteiger partial charge >= 0.3 is 17.9 Å². The van der Waals surface area contributed by atoms with Crippen molar-refractivity contribution in [2.75, 3.05) is 13.2 Å². The van der Waals surface area contributed by atoms with Gasteiger partial charge in [-0.2, -0.15) is 0 Å². The van der Waals surface area contributed by atoms with Crippen molar-refractivity contribution in [3.8, 4) is 0 Å². The quantitative estimate of drug-likeness (QED) is 0.0262. The summed E-state index contributed by atoms with van der Waals surface area (Å²) in [5.74, 6) is -0.896. The van der Waals surface area contributed by atoms with Gasteiger partial charge in [-0.3, -0.25) is 14.4 Å². The molecule has 0 aliphatic heterocycles. The number of hydrogen-bond acceptors (Lipinski definition) is 6. The summed E-state index contributed by atoms with van der Waals surface area (Å²) in [5, 5.41) is 0. The predicted molar refractivity (Wildman–Crippen MR) is 288 cm³/mol. The van der Waals surface area contributed by atoms with Gasteiger partial charge in [0.2, 0.25) is 0 Å². The molecule has 0 fully saturated rings. The molecule has 0 aromatic rings. The molecule has 0 spiro atoms. The number of carbonyl (C=O) groups excluding carboxylic acids is 3. The Morgan fingerprint density at radius 1 is 0.313 bits per heavy atom. The molecule has 1 atom stereocenters. The molecule has 386 valence electrons. The van der Waals surface area contributed by atoms with Crippen LogP contribution in [-0.4, -0.2) is 37.2 Å². The van der Waals surface area contributed by atoms with Gasteiger partial charge in [0.05, 0.1) is 0 Å². The molecule has 0 aliphatic carbocycles. The van der Waals surface area contributed by atoms with Gasteiger partial charge in [-0.05, 0) is 89.9 Å². The zero-order valence-corrected chi connectivity index (χ0v) is 44.2. The lowest BCUT2D eigenvalue weighted by atomic mass is 10.0. The minimum atomic E-state index is -0.784. The number of ether oxygens (including phenoxy) is 3. The molecule has 6 heteroatoms. The molecule has 0 aromatic carbocycles. The highest BCUT2D eigenvalue weighted by Gasteiger charge is 2.19. The summed E-state index contributed by atoms with van der Waals surface area (Å²) in [6, 6.07) is 0. The van der Waals surface area contributed by atoms with E-state index in [0.29, 0.717) is 19.3 Å².